The zero-order valence-corrected chi connectivity index (χ0v) is 12.9. The summed E-state index contributed by atoms with van der Waals surface area (Å²) in [6.45, 7) is 6.40. The molecule has 1 aromatic rings. The van der Waals surface area contributed by atoms with Gasteiger partial charge in [-0.2, -0.15) is 13.2 Å². The zero-order chi connectivity index (χ0) is 15.9. The SMILES string of the molecule is CC(C)(C)c1ccc(C2(N)CCC(C(F)(F)F)CC2)cc1. The fraction of sp³-hybridized carbons (Fsp3) is 0.647. The van der Waals surface area contributed by atoms with Gasteiger partial charge in [0.1, 0.15) is 0 Å². The lowest BCUT2D eigenvalue weighted by atomic mass is 9.72. The minimum atomic E-state index is -4.09. The van der Waals surface area contributed by atoms with Gasteiger partial charge in [-0.25, -0.2) is 0 Å². The Bertz CT molecular complexity index is 474. The van der Waals surface area contributed by atoms with Crippen molar-refractivity contribution in [3.63, 3.8) is 0 Å². The molecule has 118 valence electrons. The van der Waals surface area contributed by atoms with E-state index in [9.17, 15) is 13.2 Å². The number of hydrogen-bond acceptors (Lipinski definition) is 1. The molecule has 2 rings (SSSR count). The molecular formula is C17H24F3N. The van der Waals surface area contributed by atoms with Crippen molar-refractivity contribution in [3.8, 4) is 0 Å². The second-order valence-electron chi connectivity index (χ2n) is 7.30. The fourth-order valence-corrected chi connectivity index (χ4v) is 3.05. The Morgan fingerprint density at radius 3 is 1.86 bits per heavy atom. The normalized spacial score (nSPS) is 27.7. The van der Waals surface area contributed by atoms with E-state index in [0.29, 0.717) is 12.8 Å². The molecule has 21 heavy (non-hydrogen) atoms. The largest absolute Gasteiger partial charge is 0.391 e. The molecule has 0 spiro atoms. The summed E-state index contributed by atoms with van der Waals surface area (Å²) in [6.07, 6.45) is -3.04. The maximum absolute atomic E-state index is 12.7. The van der Waals surface area contributed by atoms with Gasteiger partial charge in [0.2, 0.25) is 0 Å². The Morgan fingerprint density at radius 2 is 1.48 bits per heavy atom. The van der Waals surface area contributed by atoms with Crippen molar-refractivity contribution < 1.29 is 13.2 Å². The van der Waals surface area contributed by atoms with Crippen LogP contribution < -0.4 is 5.73 Å². The van der Waals surface area contributed by atoms with Gasteiger partial charge in [-0.3, -0.25) is 0 Å². The van der Waals surface area contributed by atoms with Crippen LogP contribution in [0.4, 0.5) is 13.2 Å². The minimum Gasteiger partial charge on any atom is -0.321 e. The van der Waals surface area contributed by atoms with E-state index in [1.165, 1.54) is 5.56 Å². The Hall–Kier alpha value is -1.03. The van der Waals surface area contributed by atoms with E-state index in [1.807, 2.05) is 24.3 Å². The summed E-state index contributed by atoms with van der Waals surface area (Å²) in [5, 5.41) is 0. The highest BCUT2D eigenvalue weighted by atomic mass is 19.4. The smallest absolute Gasteiger partial charge is 0.321 e. The van der Waals surface area contributed by atoms with E-state index in [-0.39, 0.29) is 18.3 Å². The average molecular weight is 299 g/mol. The molecule has 0 heterocycles. The zero-order valence-electron chi connectivity index (χ0n) is 12.9. The first-order valence-electron chi connectivity index (χ1n) is 7.49. The van der Waals surface area contributed by atoms with Crippen LogP contribution in [-0.2, 0) is 11.0 Å². The van der Waals surface area contributed by atoms with Crippen molar-refractivity contribution in [3.05, 3.63) is 35.4 Å². The third kappa shape index (κ3) is 3.60. The highest BCUT2D eigenvalue weighted by Gasteiger charge is 2.45. The number of rotatable bonds is 1. The van der Waals surface area contributed by atoms with Crippen LogP contribution in [-0.4, -0.2) is 6.18 Å². The summed E-state index contributed by atoms with van der Waals surface area (Å²) >= 11 is 0. The lowest BCUT2D eigenvalue weighted by molar-refractivity contribution is -0.184. The highest BCUT2D eigenvalue weighted by Crippen LogP contribution is 2.44. The highest BCUT2D eigenvalue weighted by molar-refractivity contribution is 5.32. The van der Waals surface area contributed by atoms with Crippen LogP contribution in [0, 0.1) is 5.92 Å². The molecule has 0 bridgehead atoms. The molecule has 1 fully saturated rings. The Balaban J connectivity index is 2.12. The number of benzene rings is 1. The van der Waals surface area contributed by atoms with E-state index in [2.05, 4.69) is 20.8 Å². The number of nitrogens with two attached hydrogens (primary N) is 1. The summed E-state index contributed by atoms with van der Waals surface area (Å²) in [7, 11) is 0. The van der Waals surface area contributed by atoms with Crippen molar-refractivity contribution in [1.82, 2.24) is 0 Å². The predicted octanol–water partition coefficient (Wildman–Crippen LogP) is 4.89. The van der Waals surface area contributed by atoms with Crippen LogP contribution in [0.5, 0.6) is 0 Å². The van der Waals surface area contributed by atoms with E-state index in [1.54, 1.807) is 0 Å². The third-order valence-corrected chi connectivity index (χ3v) is 4.67. The standard InChI is InChI=1S/C17H24F3N/c1-15(2,3)12-4-6-13(7-5-12)16(21)10-8-14(9-11-16)17(18,19)20/h4-7,14H,8-11,21H2,1-3H3. The van der Waals surface area contributed by atoms with Gasteiger partial charge in [-0.15, -0.1) is 0 Å². The fourth-order valence-electron chi connectivity index (χ4n) is 3.05. The van der Waals surface area contributed by atoms with Gasteiger partial charge in [-0.05, 0) is 42.2 Å². The first-order chi connectivity index (χ1) is 9.52. The van der Waals surface area contributed by atoms with Crippen LogP contribution >= 0.6 is 0 Å². The lowest BCUT2D eigenvalue weighted by Crippen LogP contribution is -2.43. The van der Waals surface area contributed by atoms with Gasteiger partial charge in [0.25, 0.3) is 0 Å². The number of halogens is 3. The Labute approximate surface area is 124 Å². The van der Waals surface area contributed by atoms with Crippen molar-refractivity contribution >= 4 is 0 Å². The molecule has 2 N–H and O–H groups in total. The molecule has 0 radical (unpaired) electrons. The lowest BCUT2D eigenvalue weighted by Gasteiger charge is -2.38. The van der Waals surface area contributed by atoms with Crippen LogP contribution in [0.15, 0.2) is 24.3 Å². The number of hydrogen-bond donors (Lipinski definition) is 1. The van der Waals surface area contributed by atoms with Crippen LogP contribution in [0.25, 0.3) is 0 Å². The summed E-state index contributed by atoms with van der Waals surface area (Å²) in [5.41, 5.74) is 7.99. The van der Waals surface area contributed by atoms with E-state index >= 15 is 0 Å². The average Bonchev–Trinajstić information content (AvgIpc) is 2.37. The third-order valence-electron chi connectivity index (χ3n) is 4.67. The molecule has 0 unspecified atom stereocenters. The molecule has 1 aromatic carbocycles. The van der Waals surface area contributed by atoms with Gasteiger partial charge in [0, 0.05) is 5.54 Å². The van der Waals surface area contributed by atoms with Gasteiger partial charge in [-0.1, -0.05) is 45.0 Å². The summed E-state index contributed by atoms with van der Waals surface area (Å²) in [6, 6.07) is 8.04. The second-order valence-corrected chi connectivity index (χ2v) is 7.30. The quantitative estimate of drug-likeness (QED) is 0.785. The first kappa shape index (κ1) is 16.3. The van der Waals surface area contributed by atoms with Crippen LogP contribution in [0.1, 0.15) is 57.6 Å². The van der Waals surface area contributed by atoms with E-state index < -0.39 is 17.6 Å². The summed E-state index contributed by atoms with van der Waals surface area (Å²) in [5.74, 6) is -1.19. The molecule has 0 aromatic heterocycles. The molecule has 0 atom stereocenters. The van der Waals surface area contributed by atoms with Crippen molar-refractivity contribution in [2.75, 3.05) is 0 Å². The molecule has 1 saturated carbocycles. The van der Waals surface area contributed by atoms with Gasteiger partial charge >= 0.3 is 6.18 Å². The molecule has 1 aliphatic rings. The first-order valence-corrected chi connectivity index (χ1v) is 7.49. The molecule has 4 heteroatoms. The van der Waals surface area contributed by atoms with Gasteiger partial charge in [0.15, 0.2) is 0 Å². The van der Waals surface area contributed by atoms with E-state index in [0.717, 1.165) is 5.56 Å². The molecule has 1 nitrogen and oxygen atoms in total. The van der Waals surface area contributed by atoms with Gasteiger partial charge in [0.05, 0.1) is 5.92 Å². The monoisotopic (exact) mass is 299 g/mol. The maximum Gasteiger partial charge on any atom is 0.391 e. The Kier molecular flexibility index (Phi) is 4.13. The van der Waals surface area contributed by atoms with E-state index in [4.69, 9.17) is 5.73 Å². The molecule has 0 saturated heterocycles. The van der Waals surface area contributed by atoms with Crippen LogP contribution in [0.3, 0.4) is 0 Å². The molecular weight excluding hydrogens is 275 g/mol. The molecule has 0 amide bonds. The second kappa shape index (κ2) is 5.31. The summed E-state index contributed by atoms with van der Waals surface area (Å²) in [4.78, 5) is 0. The van der Waals surface area contributed by atoms with Crippen molar-refractivity contribution in [2.24, 2.45) is 11.7 Å². The van der Waals surface area contributed by atoms with Crippen LogP contribution in [0.2, 0.25) is 0 Å². The summed E-state index contributed by atoms with van der Waals surface area (Å²) < 4.78 is 38.2. The molecule has 1 aliphatic carbocycles. The van der Waals surface area contributed by atoms with Crippen molar-refractivity contribution in [2.45, 2.75) is 63.6 Å². The molecule has 0 aliphatic heterocycles. The number of alkyl halides is 3. The maximum atomic E-state index is 12.7. The predicted molar refractivity (Wildman–Crippen MR) is 79.0 cm³/mol. The Morgan fingerprint density at radius 1 is 1.00 bits per heavy atom. The van der Waals surface area contributed by atoms with Gasteiger partial charge < -0.3 is 5.73 Å². The van der Waals surface area contributed by atoms with Crippen molar-refractivity contribution in [1.29, 1.82) is 0 Å². The minimum absolute atomic E-state index is 0.0637. The topological polar surface area (TPSA) is 26.0 Å².